The molecule has 1 saturated carbocycles. The van der Waals surface area contributed by atoms with E-state index in [2.05, 4.69) is 4.99 Å². The molecule has 2 aliphatic heterocycles. The van der Waals surface area contributed by atoms with Crippen LogP contribution >= 0.6 is 0 Å². The molecule has 2 heterocycles. The van der Waals surface area contributed by atoms with Crippen LogP contribution in [-0.2, 0) is 15.4 Å². The van der Waals surface area contributed by atoms with Crippen molar-refractivity contribution in [2.45, 2.75) is 35.7 Å². The molecule has 7 heteroatoms. The highest BCUT2D eigenvalue weighted by Gasteiger charge is 2.58. The number of sulfone groups is 1. The van der Waals surface area contributed by atoms with Gasteiger partial charge >= 0.3 is 6.03 Å². The first-order valence-corrected chi connectivity index (χ1v) is 8.62. The van der Waals surface area contributed by atoms with Gasteiger partial charge in [0.1, 0.15) is 11.4 Å². The van der Waals surface area contributed by atoms with Gasteiger partial charge in [-0.1, -0.05) is 18.2 Å². The Hall–Kier alpha value is -1.89. The molecule has 0 aromatic heterocycles. The first-order valence-electron chi connectivity index (χ1n) is 6.97. The third-order valence-electron chi connectivity index (χ3n) is 4.57. The number of benzene rings is 1. The van der Waals surface area contributed by atoms with Crippen LogP contribution in [0.15, 0.2) is 34.2 Å². The minimum atomic E-state index is -3.32. The molecule has 2 N–H and O–H groups in total. The summed E-state index contributed by atoms with van der Waals surface area (Å²) in [4.78, 5) is 18.1. The van der Waals surface area contributed by atoms with Crippen LogP contribution in [-0.4, -0.2) is 37.0 Å². The number of urea groups is 1. The first-order chi connectivity index (χ1) is 9.97. The summed E-state index contributed by atoms with van der Waals surface area (Å²) in [6.07, 6.45) is 2.13. The number of rotatable bonds is 1. The quantitative estimate of drug-likeness (QED) is 0.838. The maximum atomic E-state index is 12.3. The lowest BCUT2D eigenvalue weighted by Crippen LogP contribution is -2.55. The van der Waals surface area contributed by atoms with Gasteiger partial charge in [-0.15, -0.1) is 0 Å². The van der Waals surface area contributed by atoms with Crippen molar-refractivity contribution in [3.63, 3.8) is 0 Å². The van der Waals surface area contributed by atoms with E-state index in [4.69, 9.17) is 5.73 Å². The third kappa shape index (κ3) is 1.55. The number of carbonyl (C=O) groups is 1. The number of hydrogen-bond acceptors (Lipinski definition) is 4. The minimum Gasteiger partial charge on any atom is -0.385 e. The van der Waals surface area contributed by atoms with E-state index in [-0.39, 0.29) is 35.0 Å². The van der Waals surface area contributed by atoms with Gasteiger partial charge in [0.2, 0.25) is 0 Å². The Labute approximate surface area is 122 Å². The molecular weight excluding hydrogens is 290 g/mol. The summed E-state index contributed by atoms with van der Waals surface area (Å²) < 4.78 is 24.6. The monoisotopic (exact) mass is 305 g/mol. The zero-order valence-electron chi connectivity index (χ0n) is 11.3. The number of amides is 2. The second-order valence-electron chi connectivity index (χ2n) is 5.81. The summed E-state index contributed by atoms with van der Waals surface area (Å²) in [7, 11) is -3.32. The Balaban J connectivity index is 2.00. The van der Waals surface area contributed by atoms with Gasteiger partial charge in [-0.05, 0) is 25.3 Å². The van der Waals surface area contributed by atoms with Gasteiger partial charge in [0.05, 0.1) is 10.6 Å². The molecule has 6 nitrogen and oxygen atoms in total. The highest BCUT2D eigenvalue weighted by Crippen LogP contribution is 2.48. The van der Waals surface area contributed by atoms with Crippen molar-refractivity contribution in [3.8, 4) is 0 Å². The number of amidine groups is 1. The van der Waals surface area contributed by atoms with Gasteiger partial charge < -0.3 is 10.6 Å². The van der Waals surface area contributed by atoms with Crippen molar-refractivity contribution in [2.75, 3.05) is 5.75 Å². The average Bonchev–Trinajstić information content (AvgIpc) is 3.23. The average molecular weight is 305 g/mol. The highest BCUT2D eigenvalue weighted by atomic mass is 32.2. The normalized spacial score (nSPS) is 30.4. The van der Waals surface area contributed by atoms with Crippen LogP contribution in [0.3, 0.4) is 0 Å². The van der Waals surface area contributed by atoms with E-state index in [0.29, 0.717) is 5.56 Å². The van der Waals surface area contributed by atoms with Crippen LogP contribution in [0.2, 0.25) is 0 Å². The molecule has 1 aromatic rings. The second-order valence-corrected chi connectivity index (χ2v) is 7.88. The topological polar surface area (TPSA) is 92.8 Å². The van der Waals surface area contributed by atoms with E-state index in [1.54, 1.807) is 29.2 Å². The molecule has 0 radical (unpaired) electrons. The van der Waals surface area contributed by atoms with Gasteiger partial charge in [-0.2, -0.15) is 4.99 Å². The maximum absolute atomic E-state index is 12.3. The molecule has 0 bridgehead atoms. The number of carbonyl (C=O) groups excluding carboxylic acids is 1. The molecule has 3 aliphatic rings. The summed E-state index contributed by atoms with van der Waals surface area (Å²) in [5, 5.41) is 0. The van der Waals surface area contributed by atoms with E-state index in [1.165, 1.54) is 0 Å². The van der Waals surface area contributed by atoms with Crippen LogP contribution in [0.4, 0.5) is 4.79 Å². The largest absolute Gasteiger partial charge is 0.385 e. The van der Waals surface area contributed by atoms with Crippen molar-refractivity contribution in [3.05, 3.63) is 29.8 Å². The van der Waals surface area contributed by atoms with Gasteiger partial charge in [0.25, 0.3) is 0 Å². The summed E-state index contributed by atoms with van der Waals surface area (Å²) in [5.74, 6) is 0.207. The summed E-state index contributed by atoms with van der Waals surface area (Å²) >= 11 is 0. The van der Waals surface area contributed by atoms with E-state index in [9.17, 15) is 13.2 Å². The third-order valence-corrected chi connectivity index (χ3v) is 6.34. The minimum absolute atomic E-state index is 0.0171. The number of nitrogens with zero attached hydrogens (tertiary/aromatic N) is 2. The lowest BCUT2D eigenvalue weighted by Gasteiger charge is -2.42. The van der Waals surface area contributed by atoms with Crippen molar-refractivity contribution in [2.24, 2.45) is 10.7 Å². The molecule has 110 valence electrons. The van der Waals surface area contributed by atoms with Crippen molar-refractivity contribution < 1.29 is 13.2 Å². The molecule has 1 fully saturated rings. The molecule has 1 aromatic carbocycles. The van der Waals surface area contributed by atoms with Crippen molar-refractivity contribution >= 4 is 21.7 Å². The zero-order valence-corrected chi connectivity index (χ0v) is 12.1. The standard InChI is InChI=1S/C14H15N3O3S/c15-12-14(17(9-5-6-9)13(18)16-12)7-8-21(19,20)11-4-2-1-3-10(11)14/h1-4,9H,5-8H2,(H2,15,16,18). The predicted octanol–water partition coefficient (Wildman–Crippen LogP) is 1.01. The van der Waals surface area contributed by atoms with Crippen LogP contribution in [0, 0.1) is 0 Å². The van der Waals surface area contributed by atoms with E-state index >= 15 is 0 Å². The van der Waals surface area contributed by atoms with Crippen LogP contribution < -0.4 is 5.73 Å². The summed E-state index contributed by atoms with van der Waals surface area (Å²) in [5.41, 5.74) is 5.80. The van der Waals surface area contributed by atoms with Gasteiger partial charge in [-0.25, -0.2) is 13.2 Å². The second kappa shape index (κ2) is 3.85. The van der Waals surface area contributed by atoms with Crippen LogP contribution in [0.25, 0.3) is 0 Å². The van der Waals surface area contributed by atoms with E-state index in [0.717, 1.165) is 12.8 Å². The van der Waals surface area contributed by atoms with Gasteiger partial charge in [0.15, 0.2) is 9.84 Å². The number of aliphatic imine (C=N–C) groups is 1. The Bertz CT molecular complexity index is 782. The van der Waals surface area contributed by atoms with Gasteiger partial charge in [0, 0.05) is 11.6 Å². The highest BCUT2D eigenvalue weighted by molar-refractivity contribution is 7.91. The molecule has 1 spiro atoms. The number of hydrogen-bond donors (Lipinski definition) is 1. The Morgan fingerprint density at radius 2 is 2.00 bits per heavy atom. The molecule has 1 atom stereocenters. The Morgan fingerprint density at radius 1 is 1.29 bits per heavy atom. The molecule has 0 saturated heterocycles. The molecule has 2 amide bonds. The molecular formula is C14H15N3O3S. The first kappa shape index (κ1) is 12.8. The van der Waals surface area contributed by atoms with E-state index < -0.39 is 15.4 Å². The Morgan fingerprint density at radius 3 is 2.71 bits per heavy atom. The lowest BCUT2D eigenvalue weighted by atomic mass is 9.84. The molecule has 21 heavy (non-hydrogen) atoms. The zero-order chi connectivity index (χ0) is 14.8. The summed E-state index contributed by atoms with van der Waals surface area (Å²) in [6.45, 7) is 0. The van der Waals surface area contributed by atoms with Crippen LogP contribution in [0.1, 0.15) is 24.8 Å². The molecule has 1 aliphatic carbocycles. The SMILES string of the molecule is NC1=NC(=O)N(C2CC2)C12CCS(=O)(=O)c1ccccc12. The Kier molecular flexibility index (Phi) is 2.35. The summed E-state index contributed by atoms with van der Waals surface area (Å²) in [6, 6.07) is 6.60. The van der Waals surface area contributed by atoms with E-state index in [1.807, 2.05) is 0 Å². The fraction of sp³-hybridized carbons (Fsp3) is 0.429. The van der Waals surface area contributed by atoms with Crippen molar-refractivity contribution in [1.29, 1.82) is 0 Å². The predicted molar refractivity (Wildman–Crippen MR) is 76.7 cm³/mol. The van der Waals surface area contributed by atoms with Crippen molar-refractivity contribution in [1.82, 2.24) is 4.90 Å². The van der Waals surface area contributed by atoms with Crippen LogP contribution in [0.5, 0.6) is 0 Å². The smallest absolute Gasteiger partial charge is 0.346 e. The lowest BCUT2D eigenvalue weighted by molar-refractivity contribution is 0.159. The number of fused-ring (bicyclic) bond motifs is 2. The molecule has 1 unspecified atom stereocenters. The molecule has 4 rings (SSSR count). The number of nitrogens with two attached hydrogens (primary N) is 1. The fourth-order valence-corrected chi connectivity index (χ4v) is 5.10. The maximum Gasteiger partial charge on any atom is 0.346 e. The van der Waals surface area contributed by atoms with Gasteiger partial charge in [-0.3, -0.25) is 0 Å². The fourth-order valence-electron chi connectivity index (χ4n) is 3.46.